The molecule has 0 radical (unpaired) electrons. The van der Waals surface area contributed by atoms with Gasteiger partial charge in [0.1, 0.15) is 5.60 Å². The van der Waals surface area contributed by atoms with E-state index < -0.39 is 5.60 Å². The van der Waals surface area contributed by atoms with Gasteiger partial charge in [-0.1, -0.05) is 12.1 Å². The van der Waals surface area contributed by atoms with Crippen molar-refractivity contribution < 1.29 is 9.53 Å². The highest BCUT2D eigenvalue weighted by molar-refractivity contribution is 5.80. The predicted octanol–water partition coefficient (Wildman–Crippen LogP) is 3.17. The first-order valence-electron chi connectivity index (χ1n) is 9.05. The van der Waals surface area contributed by atoms with Gasteiger partial charge in [0.05, 0.1) is 11.0 Å². The molecule has 1 fully saturated rings. The Hall–Kier alpha value is -2.57. The number of rotatable bonds is 4. The Morgan fingerprint density at radius 3 is 2.62 bits per heavy atom. The minimum absolute atomic E-state index is 0.171. The minimum Gasteiger partial charge on any atom is -0.444 e. The average Bonchev–Trinajstić information content (AvgIpc) is 3.05. The average molecular weight is 357 g/mol. The summed E-state index contributed by atoms with van der Waals surface area (Å²) in [4.78, 5) is 23.7. The van der Waals surface area contributed by atoms with Gasteiger partial charge in [0, 0.05) is 26.2 Å². The predicted molar refractivity (Wildman–Crippen MR) is 104 cm³/mol. The number of benzene rings is 1. The van der Waals surface area contributed by atoms with Gasteiger partial charge in [-0.25, -0.2) is 14.8 Å². The fraction of sp³-hybridized carbons (Fsp3) is 0.526. The fourth-order valence-corrected chi connectivity index (χ4v) is 3.20. The van der Waals surface area contributed by atoms with E-state index in [9.17, 15) is 4.79 Å². The number of nitrogens with zero attached hydrogens (tertiary/aromatic N) is 3. The summed E-state index contributed by atoms with van der Waals surface area (Å²) in [5, 5.41) is 6.04. The van der Waals surface area contributed by atoms with Crippen LogP contribution in [-0.2, 0) is 4.74 Å². The van der Waals surface area contributed by atoms with Gasteiger partial charge in [-0.2, -0.15) is 0 Å². The smallest absolute Gasteiger partial charge is 0.407 e. The summed E-state index contributed by atoms with van der Waals surface area (Å²) in [6.45, 7) is 6.99. The van der Waals surface area contributed by atoms with Crippen LogP contribution in [0.2, 0.25) is 0 Å². The quantitative estimate of drug-likeness (QED) is 0.875. The van der Waals surface area contributed by atoms with Gasteiger partial charge in [-0.05, 0) is 45.7 Å². The summed E-state index contributed by atoms with van der Waals surface area (Å²) in [7, 11) is 1.85. The molecule has 0 spiro atoms. The molecule has 0 unspecified atom stereocenters. The molecule has 1 aliphatic heterocycles. The van der Waals surface area contributed by atoms with Crippen LogP contribution in [0.15, 0.2) is 24.3 Å². The SMILES string of the molecule is CNc1nc2ccccc2nc1N1CCC[C@H]1CNC(=O)OC(C)(C)C. The van der Waals surface area contributed by atoms with Gasteiger partial charge >= 0.3 is 6.09 Å². The van der Waals surface area contributed by atoms with E-state index in [1.165, 1.54) is 0 Å². The molecule has 0 saturated carbocycles. The van der Waals surface area contributed by atoms with E-state index in [4.69, 9.17) is 9.72 Å². The lowest BCUT2D eigenvalue weighted by molar-refractivity contribution is 0.0525. The van der Waals surface area contributed by atoms with E-state index in [0.717, 1.165) is 42.1 Å². The highest BCUT2D eigenvalue weighted by Gasteiger charge is 2.29. The van der Waals surface area contributed by atoms with E-state index >= 15 is 0 Å². The maximum absolute atomic E-state index is 12.0. The molecule has 26 heavy (non-hydrogen) atoms. The molecule has 1 saturated heterocycles. The molecule has 1 aromatic carbocycles. The third-order valence-corrected chi connectivity index (χ3v) is 4.32. The highest BCUT2D eigenvalue weighted by Crippen LogP contribution is 2.30. The maximum Gasteiger partial charge on any atom is 0.407 e. The second kappa shape index (κ2) is 7.35. The van der Waals surface area contributed by atoms with Crippen LogP contribution < -0.4 is 15.5 Å². The first-order valence-corrected chi connectivity index (χ1v) is 9.05. The van der Waals surface area contributed by atoms with E-state index in [-0.39, 0.29) is 12.1 Å². The number of carbonyl (C=O) groups is 1. The van der Waals surface area contributed by atoms with Crippen molar-refractivity contribution in [1.82, 2.24) is 15.3 Å². The number of carbonyl (C=O) groups excluding carboxylic acids is 1. The van der Waals surface area contributed by atoms with Gasteiger partial charge in [-0.15, -0.1) is 0 Å². The van der Waals surface area contributed by atoms with Crippen molar-refractivity contribution in [2.45, 2.75) is 45.3 Å². The molecule has 0 bridgehead atoms. The summed E-state index contributed by atoms with van der Waals surface area (Å²) < 4.78 is 5.33. The molecule has 1 atom stereocenters. The number of para-hydroxylation sites is 2. The molecular formula is C19H27N5O2. The second-order valence-electron chi connectivity index (χ2n) is 7.51. The van der Waals surface area contributed by atoms with Crippen LogP contribution >= 0.6 is 0 Å². The van der Waals surface area contributed by atoms with Crippen LogP contribution in [0.1, 0.15) is 33.6 Å². The number of hydrogen-bond acceptors (Lipinski definition) is 6. The topological polar surface area (TPSA) is 79.4 Å². The van der Waals surface area contributed by atoms with Crippen LogP contribution in [0.4, 0.5) is 16.4 Å². The summed E-state index contributed by atoms with van der Waals surface area (Å²) in [6, 6.07) is 8.02. The fourth-order valence-electron chi connectivity index (χ4n) is 3.20. The van der Waals surface area contributed by atoms with Crippen molar-refractivity contribution in [2.24, 2.45) is 0 Å². The van der Waals surface area contributed by atoms with Crippen molar-refractivity contribution in [3.8, 4) is 0 Å². The summed E-state index contributed by atoms with van der Waals surface area (Å²) in [5.74, 6) is 1.59. The molecule has 0 aliphatic carbocycles. The molecule has 2 heterocycles. The zero-order valence-electron chi connectivity index (χ0n) is 15.9. The normalized spacial score (nSPS) is 17.4. The van der Waals surface area contributed by atoms with Gasteiger partial charge < -0.3 is 20.3 Å². The van der Waals surface area contributed by atoms with Crippen molar-refractivity contribution in [2.75, 3.05) is 30.4 Å². The molecule has 140 valence electrons. The molecule has 2 N–H and O–H groups in total. The van der Waals surface area contributed by atoms with Crippen molar-refractivity contribution in [1.29, 1.82) is 0 Å². The second-order valence-corrected chi connectivity index (χ2v) is 7.51. The lowest BCUT2D eigenvalue weighted by Gasteiger charge is -2.28. The zero-order valence-corrected chi connectivity index (χ0v) is 15.9. The molecule has 1 aromatic heterocycles. The lowest BCUT2D eigenvalue weighted by atomic mass is 10.2. The third-order valence-electron chi connectivity index (χ3n) is 4.32. The Balaban J connectivity index is 1.77. The van der Waals surface area contributed by atoms with Crippen molar-refractivity contribution in [3.05, 3.63) is 24.3 Å². The molecule has 3 rings (SSSR count). The first-order chi connectivity index (χ1) is 12.4. The Morgan fingerprint density at radius 1 is 1.27 bits per heavy atom. The van der Waals surface area contributed by atoms with Crippen molar-refractivity contribution >= 4 is 28.8 Å². The number of hydrogen-bond donors (Lipinski definition) is 2. The van der Waals surface area contributed by atoms with Gasteiger partial charge in [0.25, 0.3) is 0 Å². The van der Waals surface area contributed by atoms with E-state index in [2.05, 4.69) is 20.5 Å². The Kier molecular flexibility index (Phi) is 5.15. The van der Waals surface area contributed by atoms with Gasteiger partial charge in [-0.3, -0.25) is 0 Å². The Bertz CT molecular complexity index is 787. The van der Waals surface area contributed by atoms with Crippen LogP contribution in [0.25, 0.3) is 11.0 Å². The largest absolute Gasteiger partial charge is 0.444 e. The highest BCUT2D eigenvalue weighted by atomic mass is 16.6. The van der Waals surface area contributed by atoms with E-state index in [0.29, 0.717) is 6.54 Å². The Morgan fingerprint density at radius 2 is 1.96 bits per heavy atom. The molecule has 1 aliphatic rings. The standard InChI is InChI=1S/C19H27N5O2/c1-19(2,3)26-18(25)21-12-13-8-7-11-24(13)17-16(20-4)22-14-9-5-6-10-15(14)23-17/h5-6,9-10,13H,7-8,11-12H2,1-4H3,(H,20,22)(H,21,25)/t13-/m0/s1. The number of alkyl carbamates (subject to hydrolysis) is 1. The monoisotopic (exact) mass is 357 g/mol. The molecule has 2 aromatic rings. The zero-order chi connectivity index (χ0) is 18.7. The number of aromatic nitrogens is 2. The van der Waals surface area contributed by atoms with Crippen LogP contribution in [0.3, 0.4) is 0 Å². The van der Waals surface area contributed by atoms with Gasteiger partial charge in [0.2, 0.25) is 0 Å². The minimum atomic E-state index is -0.497. The van der Waals surface area contributed by atoms with Crippen LogP contribution in [0, 0.1) is 0 Å². The van der Waals surface area contributed by atoms with E-state index in [1.807, 2.05) is 52.1 Å². The molecule has 7 nitrogen and oxygen atoms in total. The summed E-state index contributed by atoms with van der Waals surface area (Å²) in [5.41, 5.74) is 1.23. The molecule has 7 heteroatoms. The Labute approximate surface area is 154 Å². The lowest BCUT2D eigenvalue weighted by Crippen LogP contribution is -2.42. The summed E-state index contributed by atoms with van der Waals surface area (Å²) >= 11 is 0. The number of nitrogens with one attached hydrogen (secondary N) is 2. The molecule has 1 amide bonds. The maximum atomic E-state index is 12.0. The summed E-state index contributed by atoms with van der Waals surface area (Å²) in [6.07, 6.45) is 1.66. The molecular weight excluding hydrogens is 330 g/mol. The van der Waals surface area contributed by atoms with E-state index in [1.54, 1.807) is 0 Å². The third kappa shape index (κ3) is 4.15. The first kappa shape index (κ1) is 18.2. The number of fused-ring (bicyclic) bond motifs is 1. The van der Waals surface area contributed by atoms with Crippen LogP contribution in [-0.4, -0.2) is 47.8 Å². The number of amides is 1. The number of anilines is 2. The van der Waals surface area contributed by atoms with Crippen molar-refractivity contribution in [3.63, 3.8) is 0 Å². The van der Waals surface area contributed by atoms with Gasteiger partial charge in [0.15, 0.2) is 11.6 Å². The van der Waals surface area contributed by atoms with Crippen LogP contribution in [0.5, 0.6) is 0 Å². The number of ether oxygens (including phenoxy) is 1.